The number of methoxy groups -OCH3 is 1. The minimum absolute atomic E-state index is 0.187. The molecule has 3 N–H and O–H groups in total. The summed E-state index contributed by atoms with van der Waals surface area (Å²) >= 11 is 0. The first-order chi connectivity index (χ1) is 10.7. The summed E-state index contributed by atoms with van der Waals surface area (Å²) in [4.78, 5) is 11.1. The van der Waals surface area contributed by atoms with Crippen molar-refractivity contribution in [1.82, 2.24) is 14.9 Å². The van der Waals surface area contributed by atoms with Gasteiger partial charge < -0.3 is 20.5 Å². The lowest BCUT2D eigenvalue weighted by Crippen LogP contribution is -2.25. The molecule has 3 heterocycles. The van der Waals surface area contributed by atoms with E-state index in [1.54, 1.807) is 7.11 Å². The second kappa shape index (κ2) is 6.56. The molecular formula is C16H22N4O2. The predicted molar refractivity (Wildman–Crippen MR) is 84.8 cm³/mol. The van der Waals surface area contributed by atoms with Crippen molar-refractivity contribution in [3.8, 4) is 5.88 Å². The van der Waals surface area contributed by atoms with Gasteiger partial charge in [0.2, 0.25) is 5.88 Å². The van der Waals surface area contributed by atoms with Crippen LogP contribution in [0, 0.1) is 5.92 Å². The molecule has 6 nitrogen and oxygen atoms in total. The van der Waals surface area contributed by atoms with E-state index in [1.807, 2.05) is 24.4 Å². The largest absolute Gasteiger partial charge is 0.481 e. The summed E-state index contributed by atoms with van der Waals surface area (Å²) in [5, 5.41) is 9.94. The van der Waals surface area contributed by atoms with E-state index in [0.717, 1.165) is 36.1 Å². The van der Waals surface area contributed by atoms with Gasteiger partial charge in [0, 0.05) is 37.8 Å². The van der Waals surface area contributed by atoms with Crippen LogP contribution in [0.15, 0.2) is 24.4 Å². The van der Waals surface area contributed by atoms with Gasteiger partial charge >= 0.3 is 0 Å². The summed E-state index contributed by atoms with van der Waals surface area (Å²) in [5.74, 6) is 0.786. The van der Waals surface area contributed by atoms with Crippen molar-refractivity contribution in [3.05, 3.63) is 30.0 Å². The standard InChI is InChI=1S/C16H22N4O2/c1-22-15-3-2-13-16(19-15)11(4-6-18-13)5-7-20-9-12(8-17)14(21)10-20/h2-4,6,12,14,21H,5,7-10,17H2,1H3. The molecule has 1 aliphatic rings. The molecular weight excluding hydrogens is 280 g/mol. The Morgan fingerprint density at radius 1 is 1.36 bits per heavy atom. The van der Waals surface area contributed by atoms with E-state index >= 15 is 0 Å². The molecule has 0 amide bonds. The average molecular weight is 302 g/mol. The van der Waals surface area contributed by atoms with Crippen LogP contribution in [0.2, 0.25) is 0 Å². The number of nitrogens with zero attached hydrogens (tertiary/aromatic N) is 3. The number of ether oxygens (including phenoxy) is 1. The monoisotopic (exact) mass is 302 g/mol. The van der Waals surface area contributed by atoms with Crippen LogP contribution < -0.4 is 10.5 Å². The van der Waals surface area contributed by atoms with Gasteiger partial charge in [0.05, 0.1) is 24.2 Å². The van der Waals surface area contributed by atoms with Crippen LogP contribution in [0.5, 0.6) is 5.88 Å². The Balaban J connectivity index is 1.74. The number of β-amino-alcohol motifs (C(OH)–C–C–N with tert-alkyl or cyclic N) is 1. The first kappa shape index (κ1) is 15.1. The molecule has 1 fully saturated rings. The molecule has 0 saturated carbocycles. The highest BCUT2D eigenvalue weighted by Gasteiger charge is 2.29. The maximum absolute atomic E-state index is 9.94. The molecule has 3 rings (SSSR count). The Kier molecular flexibility index (Phi) is 4.52. The van der Waals surface area contributed by atoms with Gasteiger partial charge in [-0.15, -0.1) is 0 Å². The average Bonchev–Trinajstić information content (AvgIpc) is 2.92. The summed E-state index contributed by atoms with van der Waals surface area (Å²) in [6, 6.07) is 5.75. The topological polar surface area (TPSA) is 84.5 Å². The zero-order chi connectivity index (χ0) is 15.5. The molecule has 1 saturated heterocycles. The summed E-state index contributed by atoms with van der Waals surface area (Å²) < 4.78 is 5.20. The van der Waals surface area contributed by atoms with Crippen LogP contribution in [0.25, 0.3) is 11.0 Å². The SMILES string of the molecule is COc1ccc2nccc(CCN3CC(O)C(CN)C3)c2n1. The number of pyridine rings is 2. The Morgan fingerprint density at radius 2 is 2.23 bits per heavy atom. The number of aliphatic hydroxyl groups is 1. The summed E-state index contributed by atoms with van der Waals surface area (Å²) in [6.07, 6.45) is 2.37. The quantitative estimate of drug-likeness (QED) is 0.833. The van der Waals surface area contributed by atoms with Crippen molar-refractivity contribution < 1.29 is 9.84 Å². The van der Waals surface area contributed by atoms with E-state index in [2.05, 4.69) is 14.9 Å². The zero-order valence-electron chi connectivity index (χ0n) is 12.8. The smallest absolute Gasteiger partial charge is 0.213 e. The molecule has 0 aromatic carbocycles. The Morgan fingerprint density at radius 3 is 2.95 bits per heavy atom. The molecule has 118 valence electrons. The van der Waals surface area contributed by atoms with E-state index < -0.39 is 0 Å². The highest BCUT2D eigenvalue weighted by molar-refractivity contribution is 5.78. The number of fused-ring (bicyclic) bond motifs is 1. The molecule has 0 bridgehead atoms. The third kappa shape index (κ3) is 3.04. The lowest BCUT2D eigenvalue weighted by atomic mass is 10.1. The molecule has 22 heavy (non-hydrogen) atoms. The molecule has 2 atom stereocenters. The van der Waals surface area contributed by atoms with Gasteiger partial charge in [-0.2, -0.15) is 0 Å². The molecule has 0 spiro atoms. The normalized spacial score (nSPS) is 22.3. The molecule has 6 heteroatoms. The van der Waals surface area contributed by atoms with Crippen molar-refractivity contribution in [2.24, 2.45) is 11.7 Å². The predicted octanol–water partition coefficient (Wildman–Crippen LogP) is 0.432. The third-order valence-corrected chi connectivity index (χ3v) is 4.33. The molecule has 0 aliphatic carbocycles. The van der Waals surface area contributed by atoms with E-state index in [-0.39, 0.29) is 12.0 Å². The van der Waals surface area contributed by atoms with Gasteiger partial charge in [0.1, 0.15) is 0 Å². The van der Waals surface area contributed by atoms with Crippen LogP contribution in [0.3, 0.4) is 0 Å². The van der Waals surface area contributed by atoms with Gasteiger partial charge in [0.15, 0.2) is 0 Å². The molecule has 2 unspecified atom stereocenters. The minimum atomic E-state index is -0.308. The molecule has 1 aliphatic heterocycles. The third-order valence-electron chi connectivity index (χ3n) is 4.33. The van der Waals surface area contributed by atoms with Crippen molar-refractivity contribution in [1.29, 1.82) is 0 Å². The Bertz CT molecular complexity index is 649. The van der Waals surface area contributed by atoms with E-state index in [9.17, 15) is 5.11 Å². The number of rotatable bonds is 5. The van der Waals surface area contributed by atoms with Gasteiger partial charge in [-0.05, 0) is 30.7 Å². The van der Waals surface area contributed by atoms with Crippen molar-refractivity contribution in [3.63, 3.8) is 0 Å². The van der Waals surface area contributed by atoms with Crippen molar-refractivity contribution >= 4 is 11.0 Å². The van der Waals surface area contributed by atoms with E-state index in [0.29, 0.717) is 19.0 Å². The highest BCUT2D eigenvalue weighted by Crippen LogP contribution is 2.20. The first-order valence-corrected chi connectivity index (χ1v) is 7.60. The Hall–Kier alpha value is -1.76. The Labute approximate surface area is 129 Å². The first-order valence-electron chi connectivity index (χ1n) is 7.60. The zero-order valence-corrected chi connectivity index (χ0v) is 12.8. The van der Waals surface area contributed by atoms with E-state index in [4.69, 9.17) is 10.5 Å². The molecule has 2 aromatic heterocycles. The van der Waals surface area contributed by atoms with Crippen LogP contribution in [-0.2, 0) is 6.42 Å². The van der Waals surface area contributed by atoms with Gasteiger partial charge in [0.25, 0.3) is 0 Å². The van der Waals surface area contributed by atoms with Crippen LogP contribution in [0.4, 0.5) is 0 Å². The maximum atomic E-state index is 9.94. The number of nitrogens with two attached hydrogens (primary N) is 1. The summed E-state index contributed by atoms with van der Waals surface area (Å²) in [6.45, 7) is 2.97. The van der Waals surface area contributed by atoms with Crippen LogP contribution in [-0.4, -0.2) is 59.4 Å². The van der Waals surface area contributed by atoms with Gasteiger partial charge in [-0.1, -0.05) is 0 Å². The second-order valence-electron chi connectivity index (χ2n) is 5.76. The number of likely N-dealkylation sites (tertiary alicyclic amines) is 1. The maximum Gasteiger partial charge on any atom is 0.213 e. The van der Waals surface area contributed by atoms with Gasteiger partial charge in [-0.25, -0.2) is 4.98 Å². The molecule has 0 radical (unpaired) electrons. The molecule has 2 aromatic rings. The van der Waals surface area contributed by atoms with Gasteiger partial charge in [-0.3, -0.25) is 4.98 Å². The van der Waals surface area contributed by atoms with Crippen LogP contribution >= 0.6 is 0 Å². The lowest BCUT2D eigenvalue weighted by molar-refractivity contribution is 0.144. The number of aliphatic hydroxyl groups excluding tert-OH is 1. The minimum Gasteiger partial charge on any atom is -0.481 e. The fraction of sp³-hybridized carbons (Fsp3) is 0.500. The fourth-order valence-corrected chi connectivity index (χ4v) is 3.01. The van der Waals surface area contributed by atoms with Crippen LogP contribution in [0.1, 0.15) is 5.56 Å². The lowest BCUT2D eigenvalue weighted by Gasteiger charge is -2.15. The summed E-state index contributed by atoms with van der Waals surface area (Å²) in [5.41, 5.74) is 8.59. The fourth-order valence-electron chi connectivity index (χ4n) is 3.01. The number of hydrogen-bond acceptors (Lipinski definition) is 6. The number of hydrogen-bond donors (Lipinski definition) is 2. The second-order valence-corrected chi connectivity index (χ2v) is 5.76. The van der Waals surface area contributed by atoms with Crippen molar-refractivity contribution in [2.75, 3.05) is 33.3 Å². The van der Waals surface area contributed by atoms with Crippen molar-refractivity contribution in [2.45, 2.75) is 12.5 Å². The number of aromatic nitrogens is 2. The highest BCUT2D eigenvalue weighted by atomic mass is 16.5. The van der Waals surface area contributed by atoms with E-state index in [1.165, 1.54) is 0 Å². The summed E-state index contributed by atoms with van der Waals surface area (Å²) in [7, 11) is 1.61.